The fourth-order valence-corrected chi connectivity index (χ4v) is 5.12. The maximum atomic E-state index is 12.6. The van der Waals surface area contributed by atoms with Gasteiger partial charge < -0.3 is 23.7 Å². The van der Waals surface area contributed by atoms with Gasteiger partial charge in [0, 0.05) is 6.04 Å². The van der Waals surface area contributed by atoms with Crippen molar-refractivity contribution >= 4 is 10.3 Å². The van der Waals surface area contributed by atoms with Gasteiger partial charge in [0.1, 0.15) is 24.9 Å². The Hall–Kier alpha value is -1.11. The van der Waals surface area contributed by atoms with E-state index in [-0.39, 0.29) is 19.3 Å². The van der Waals surface area contributed by atoms with Gasteiger partial charge in [0.2, 0.25) is 5.79 Å². The van der Waals surface area contributed by atoms with Crippen LogP contribution < -0.4 is 4.72 Å². The molecule has 30 heavy (non-hydrogen) atoms. The lowest BCUT2D eigenvalue weighted by molar-refractivity contribution is -0.290. The SMILES string of the molecule is C[C@@H](NS(=O)(=O)OC[C@@]12OC[C@H]3OC(C)(C)O[C@H]3[C@@H]1OC(C)(C)O2)c1ccccc1. The summed E-state index contributed by atoms with van der Waals surface area (Å²) in [5.74, 6) is -3.24. The maximum Gasteiger partial charge on any atom is 0.336 e. The standard InChI is InChI=1S/C20H29NO8S/c1-13(14-9-7-6-8-10-14)21-30(22,23)25-12-20-17(28-19(4,5)29-20)16-15(11-24-20)26-18(2,3)27-16/h6-10,13,15-17,21H,11-12H2,1-5H3/t13-,15-,16-,17+,20+/m1/s1. The lowest BCUT2D eigenvalue weighted by Crippen LogP contribution is -2.60. The van der Waals surface area contributed by atoms with Gasteiger partial charge in [-0.25, -0.2) is 0 Å². The van der Waals surface area contributed by atoms with Crippen molar-refractivity contribution in [1.82, 2.24) is 4.72 Å². The molecule has 1 aromatic rings. The highest BCUT2D eigenvalue weighted by Crippen LogP contribution is 2.47. The van der Waals surface area contributed by atoms with Gasteiger partial charge in [0.25, 0.3) is 0 Å². The zero-order valence-corrected chi connectivity index (χ0v) is 18.6. The van der Waals surface area contributed by atoms with Gasteiger partial charge in [0.05, 0.1) is 6.61 Å². The minimum absolute atomic E-state index is 0.168. The van der Waals surface area contributed by atoms with Gasteiger partial charge >= 0.3 is 10.3 Å². The van der Waals surface area contributed by atoms with Crippen LogP contribution in [0.5, 0.6) is 0 Å². The first-order chi connectivity index (χ1) is 13.9. The lowest BCUT2D eigenvalue weighted by atomic mass is 9.98. The Kier molecular flexibility index (Phi) is 5.52. The van der Waals surface area contributed by atoms with Crippen LogP contribution >= 0.6 is 0 Å². The van der Waals surface area contributed by atoms with E-state index in [1.807, 2.05) is 44.2 Å². The summed E-state index contributed by atoms with van der Waals surface area (Å²) >= 11 is 0. The Morgan fingerprint density at radius 2 is 1.80 bits per heavy atom. The van der Waals surface area contributed by atoms with E-state index in [0.717, 1.165) is 5.56 Å². The van der Waals surface area contributed by atoms with Crippen LogP contribution in [0.1, 0.15) is 46.2 Å². The molecule has 168 valence electrons. The molecular weight excluding hydrogens is 414 g/mol. The molecule has 0 amide bonds. The monoisotopic (exact) mass is 443 g/mol. The third-order valence-corrected chi connectivity index (χ3v) is 6.38. The van der Waals surface area contributed by atoms with Crippen LogP contribution in [0.15, 0.2) is 30.3 Å². The van der Waals surface area contributed by atoms with Crippen LogP contribution in [0.2, 0.25) is 0 Å². The van der Waals surface area contributed by atoms with Gasteiger partial charge in [-0.2, -0.15) is 13.1 Å². The number of hydrogen-bond donors (Lipinski definition) is 1. The van der Waals surface area contributed by atoms with Crippen molar-refractivity contribution in [2.24, 2.45) is 0 Å². The molecule has 3 aliphatic heterocycles. The topological polar surface area (TPSA) is 102 Å². The first-order valence-electron chi connectivity index (χ1n) is 10.00. The van der Waals surface area contributed by atoms with Crippen molar-refractivity contribution in [1.29, 1.82) is 0 Å². The van der Waals surface area contributed by atoms with Gasteiger partial charge in [-0.1, -0.05) is 30.3 Å². The fraction of sp³-hybridized carbons (Fsp3) is 0.700. The quantitative estimate of drug-likeness (QED) is 0.712. The molecule has 1 aromatic carbocycles. The molecule has 0 aromatic heterocycles. The van der Waals surface area contributed by atoms with Gasteiger partial charge in [-0.05, 0) is 40.2 Å². The van der Waals surface area contributed by atoms with Crippen molar-refractivity contribution in [2.45, 2.75) is 76.3 Å². The molecule has 0 aliphatic carbocycles. The van der Waals surface area contributed by atoms with Crippen molar-refractivity contribution < 1.29 is 36.3 Å². The van der Waals surface area contributed by atoms with Crippen molar-refractivity contribution in [3.8, 4) is 0 Å². The Balaban J connectivity index is 1.48. The maximum absolute atomic E-state index is 12.6. The molecule has 10 heteroatoms. The average molecular weight is 444 g/mol. The van der Waals surface area contributed by atoms with Crippen LogP contribution in [-0.2, 0) is 38.2 Å². The smallest absolute Gasteiger partial charge is 0.336 e. The van der Waals surface area contributed by atoms with E-state index >= 15 is 0 Å². The summed E-state index contributed by atoms with van der Waals surface area (Å²) < 4.78 is 62.9. The van der Waals surface area contributed by atoms with Crippen LogP contribution in [0.4, 0.5) is 0 Å². The first-order valence-corrected chi connectivity index (χ1v) is 11.4. The third-order valence-electron chi connectivity index (χ3n) is 5.31. The summed E-state index contributed by atoms with van der Waals surface area (Å²) in [7, 11) is -4.09. The van der Waals surface area contributed by atoms with Crippen LogP contribution in [0, 0.1) is 0 Å². The highest BCUT2D eigenvalue weighted by molar-refractivity contribution is 7.84. The van der Waals surface area contributed by atoms with E-state index in [2.05, 4.69) is 4.72 Å². The van der Waals surface area contributed by atoms with E-state index in [9.17, 15) is 8.42 Å². The molecule has 0 saturated carbocycles. The van der Waals surface area contributed by atoms with E-state index in [1.165, 1.54) is 0 Å². The second-order valence-electron chi connectivity index (χ2n) is 8.77. The molecule has 5 atom stereocenters. The van der Waals surface area contributed by atoms with Crippen molar-refractivity contribution in [3.05, 3.63) is 35.9 Å². The second kappa shape index (κ2) is 7.49. The molecule has 1 N–H and O–H groups in total. The number of benzene rings is 1. The molecule has 3 saturated heterocycles. The Morgan fingerprint density at radius 3 is 2.50 bits per heavy atom. The number of nitrogens with one attached hydrogen (secondary N) is 1. The van der Waals surface area contributed by atoms with Crippen LogP contribution in [0.25, 0.3) is 0 Å². The molecule has 4 rings (SSSR count). The predicted molar refractivity (Wildman–Crippen MR) is 105 cm³/mol. The predicted octanol–water partition coefficient (Wildman–Crippen LogP) is 2.00. The average Bonchev–Trinajstić information content (AvgIpc) is 3.12. The van der Waals surface area contributed by atoms with Gasteiger partial charge in [0.15, 0.2) is 11.6 Å². The molecule has 0 bridgehead atoms. The zero-order chi connectivity index (χ0) is 21.8. The summed E-state index contributed by atoms with van der Waals surface area (Å²) in [6.45, 7) is 8.61. The van der Waals surface area contributed by atoms with Crippen LogP contribution in [-0.4, -0.2) is 57.3 Å². The van der Waals surface area contributed by atoms with Gasteiger partial charge in [-0.15, -0.1) is 0 Å². The van der Waals surface area contributed by atoms with Crippen molar-refractivity contribution in [2.75, 3.05) is 13.2 Å². The number of rotatable bonds is 6. The lowest BCUT2D eigenvalue weighted by Gasteiger charge is -2.40. The summed E-state index contributed by atoms with van der Waals surface area (Å²) in [5.41, 5.74) is 0.817. The molecule has 9 nitrogen and oxygen atoms in total. The molecule has 0 radical (unpaired) electrons. The highest BCUT2D eigenvalue weighted by Gasteiger charge is 2.65. The van der Waals surface area contributed by atoms with E-state index in [1.54, 1.807) is 20.8 Å². The van der Waals surface area contributed by atoms with Gasteiger partial charge in [-0.3, -0.25) is 4.18 Å². The zero-order valence-electron chi connectivity index (χ0n) is 17.8. The summed E-state index contributed by atoms with van der Waals surface area (Å²) in [6, 6.07) is 8.75. The largest absolute Gasteiger partial charge is 0.343 e. The van der Waals surface area contributed by atoms with Crippen LogP contribution in [0.3, 0.4) is 0 Å². The minimum atomic E-state index is -4.09. The first kappa shape index (κ1) is 22.1. The molecular formula is C20H29NO8S. The summed E-state index contributed by atoms with van der Waals surface area (Å²) in [5, 5.41) is 0. The molecule has 0 spiro atoms. The van der Waals surface area contributed by atoms with E-state index < -0.39 is 45.9 Å². The third kappa shape index (κ3) is 4.42. The minimum Gasteiger partial charge on any atom is -0.343 e. The highest BCUT2D eigenvalue weighted by atomic mass is 32.2. The Labute approximate surface area is 177 Å². The van der Waals surface area contributed by atoms with E-state index in [0.29, 0.717) is 0 Å². The normalized spacial score (nSPS) is 35.6. The molecule has 0 unspecified atom stereocenters. The van der Waals surface area contributed by atoms with Crippen molar-refractivity contribution in [3.63, 3.8) is 0 Å². The number of fused-ring (bicyclic) bond motifs is 3. The number of hydrogen-bond acceptors (Lipinski definition) is 8. The van der Waals surface area contributed by atoms with E-state index in [4.69, 9.17) is 27.9 Å². The summed E-state index contributed by atoms with van der Waals surface area (Å²) in [6.07, 6.45) is -1.53. The Morgan fingerprint density at radius 1 is 1.10 bits per heavy atom. The summed E-state index contributed by atoms with van der Waals surface area (Å²) in [4.78, 5) is 0. The second-order valence-corrected chi connectivity index (χ2v) is 10.1. The number of ether oxygens (including phenoxy) is 5. The molecule has 3 aliphatic rings. The molecule has 3 heterocycles. The Bertz CT molecular complexity index is 874. The fourth-order valence-electron chi connectivity index (χ4n) is 4.17. The molecule has 3 fully saturated rings.